The van der Waals surface area contributed by atoms with Crippen LogP contribution < -0.4 is 4.74 Å². The zero-order chi connectivity index (χ0) is 10.4. The van der Waals surface area contributed by atoms with Gasteiger partial charge in [-0.05, 0) is 5.92 Å². The Hall–Kier alpha value is -2.09. The summed E-state index contributed by atoms with van der Waals surface area (Å²) in [5.74, 6) is 4.64. The van der Waals surface area contributed by atoms with Crippen molar-refractivity contribution in [3.8, 4) is 17.7 Å². The summed E-state index contributed by atoms with van der Waals surface area (Å²) in [7, 11) is 2.74. The molecule has 0 aliphatic carbocycles. The molecule has 1 aromatic heterocycles. The molecule has 0 aliphatic rings. The van der Waals surface area contributed by atoms with E-state index in [1.165, 1.54) is 20.4 Å². The summed E-state index contributed by atoms with van der Waals surface area (Å²) in [6.07, 6.45) is 1.49. The molecule has 1 rings (SSSR count). The Bertz CT molecular complexity index is 393. The topological polar surface area (TPSA) is 61.3 Å². The van der Waals surface area contributed by atoms with Crippen LogP contribution in [0.5, 0.6) is 5.88 Å². The van der Waals surface area contributed by atoms with Gasteiger partial charge in [0.15, 0.2) is 0 Å². The van der Waals surface area contributed by atoms with E-state index in [1.54, 1.807) is 6.07 Å². The van der Waals surface area contributed by atoms with Crippen molar-refractivity contribution in [2.24, 2.45) is 0 Å². The number of rotatable bonds is 1. The summed E-state index contributed by atoms with van der Waals surface area (Å²) < 4.78 is 9.18. The number of esters is 1. The molecule has 0 atom stereocenters. The van der Waals surface area contributed by atoms with Gasteiger partial charge in [-0.15, -0.1) is 0 Å². The summed E-state index contributed by atoms with van der Waals surface area (Å²) in [5.41, 5.74) is 0. The third-order valence-corrected chi connectivity index (χ3v) is 1.30. The average molecular weight is 192 g/mol. The van der Waals surface area contributed by atoms with E-state index < -0.39 is 5.97 Å². The van der Waals surface area contributed by atoms with Crippen molar-refractivity contribution in [2.75, 3.05) is 14.2 Å². The predicted molar refractivity (Wildman–Crippen MR) is 47.5 cm³/mol. The molecule has 5 heteroatoms. The first kappa shape index (κ1) is 9.99. The lowest BCUT2D eigenvalue weighted by atomic mass is 10.5. The second-order valence-electron chi connectivity index (χ2n) is 2.16. The minimum Gasteiger partial charge on any atom is -0.481 e. The molecule has 0 saturated heterocycles. The van der Waals surface area contributed by atoms with Crippen molar-refractivity contribution in [3.05, 3.63) is 18.1 Å². The molecule has 0 fully saturated rings. The molecule has 0 saturated carbocycles. The molecule has 0 unspecified atom stereocenters. The number of nitrogens with zero attached hydrogens (tertiary/aromatic N) is 2. The molecule has 5 nitrogen and oxygen atoms in total. The minimum atomic E-state index is -0.628. The quantitative estimate of drug-likeness (QED) is 0.463. The molecule has 0 spiro atoms. The third kappa shape index (κ3) is 2.75. The van der Waals surface area contributed by atoms with Gasteiger partial charge in [0.2, 0.25) is 11.7 Å². The Kier molecular flexibility index (Phi) is 3.44. The fourth-order valence-electron chi connectivity index (χ4n) is 0.674. The maximum atomic E-state index is 10.7. The van der Waals surface area contributed by atoms with Crippen LogP contribution in [0.3, 0.4) is 0 Å². The highest BCUT2D eigenvalue weighted by atomic mass is 16.5. The van der Waals surface area contributed by atoms with Crippen LogP contribution in [0.1, 0.15) is 5.82 Å². The van der Waals surface area contributed by atoms with Crippen molar-refractivity contribution in [3.63, 3.8) is 0 Å². The van der Waals surface area contributed by atoms with Crippen LogP contribution in [0.2, 0.25) is 0 Å². The van der Waals surface area contributed by atoms with E-state index in [0.717, 1.165) is 0 Å². The molecular weight excluding hydrogens is 184 g/mol. The molecule has 0 N–H and O–H groups in total. The number of aromatic nitrogens is 2. The second kappa shape index (κ2) is 4.82. The van der Waals surface area contributed by atoms with E-state index in [2.05, 4.69) is 26.5 Å². The van der Waals surface area contributed by atoms with Crippen molar-refractivity contribution in [2.45, 2.75) is 0 Å². The van der Waals surface area contributed by atoms with Gasteiger partial charge in [0, 0.05) is 18.2 Å². The molecule has 1 aromatic rings. The number of ether oxygens (including phenoxy) is 2. The lowest BCUT2D eigenvalue weighted by molar-refractivity contribution is -0.133. The van der Waals surface area contributed by atoms with E-state index in [9.17, 15) is 4.79 Å². The van der Waals surface area contributed by atoms with Gasteiger partial charge in [0.05, 0.1) is 14.2 Å². The van der Waals surface area contributed by atoms with Crippen LogP contribution in [-0.2, 0) is 9.53 Å². The van der Waals surface area contributed by atoms with E-state index >= 15 is 0 Å². The summed E-state index contributed by atoms with van der Waals surface area (Å²) in [4.78, 5) is 18.4. The number of carbonyl (C=O) groups is 1. The fraction of sp³-hybridized carbons (Fsp3) is 0.222. The lowest BCUT2D eigenvalue weighted by Gasteiger charge is -1.95. The summed E-state index contributed by atoms with van der Waals surface area (Å²) >= 11 is 0. The SMILES string of the molecule is COC(=O)C#Cc1nccc(OC)n1. The van der Waals surface area contributed by atoms with Crippen LogP contribution >= 0.6 is 0 Å². The first-order chi connectivity index (χ1) is 6.76. The van der Waals surface area contributed by atoms with Gasteiger partial charge in [-0.25, -0.2) is 9.78 Å². The second-order valence-corrected chi connectivity index (χ2v) is 2.16. The highest BCUT2D eigenvalue weighted by Gasteiger charge is 1.95. The number of carbonyl (C=O) groups excluding carboxylic acids is 1. The highest BCUT2D eigenvalue weighted by molar-refractivity contribution is 5.88. The van der Waals surface area contributed by atoms with Gasteiger partial charge < -0.3 is 9.47 Å². The van der Waals surface area contributed by atoms with Crippen LogP contribution in [0.25, 0.3) is 0 Å². The third-order valence-electron chi connectivity index (χ3n) is 1.30. The Morgan fingerprint density at radius 2 is 2.29 bits per heavy atom. The summed E-state index contributed by atoms with van der Waals surface area (Å²) in [6, 6.07) is 1.59. The van der Waals surface area contributed by atoms with Crippen LogP contribution in [0.4, 0.5) is 0 Å². The Labute approximate surface area is 81.1 Å². The van der Waals surface area contributed by atoms with Gasteiger partial charge in [0.1, 0.15) is 0 Å². The molecule has 14 heavy (non-hydrogen) atoms. The van der Waals surface area contributed by atoms with E-state index in [1.807, 2.05) is 0 Å². The van der Waals surface area contributed by atoms with Crippen LogP contribution in [0, 0.1) is 11.8 Å². The smallest absolute Gasteiger partial charge is 0.384 e. The van der Waals surface area contributed by atoms with Crippen molar-refractivity contribution in [1.29, 1.82) is 0 Å². The largest absolute Gasteiger partial charge is 0.481 e. The Morgan fingerprint density at radius 1 is 1.50 bits per heavy atom. The molecule has 72 valence electrons. The van der Waals surface area contributed by atoms with Gasteiger partial charge in [-0.1, -0.05) is 0 Å². The monoisotopic (exact) mass is 192 g/mol. The molecule has 0 bridgehead atoms. The maximum absolute atomic E-state index is 10.7. The molecular formula is C9H8N2O3. The molecule has 0 aliphatic heterocycles. The van der Waals surface area contributed by atoms with Crippen LogP contribution in [0.15, 0.2) is 12.3 Å². The van der Waals surface area contributed by atoms with Crippen molar-refractivity contribution < 1.29 is 14.3 Å². The van der Waals surface area contributed by atoms with Gasteiger partial charge >= 0.3 is 5.97 Å². The average Bonchev–Trinajstić information content (AvgIpc) is 2.26. The highest BCUT2D eigenvalue weighted by Crippen LogP contribution is 2.02. The molecule has 0 radical (unpaired) electrons. The van der Waals surface area contributed by atoms with Crippen molar-refractivity contribution in [1.82, 2.24) is 9.97 Å². The normalized spacial score (nSPS) is 8.43. The predicted octanol–water partition coefficient (Wildman–Crippen LogP) is 0.00970. The maximum Gasteiger partial charge on any atom is 0.384 e. The van der Waals surface area contributed by atoms with E-state index in [-0.39, 0.29) is 5.82 Å². The lowest BCUT2D eigenvalue weighted by Crippen LogP contribution is -1.96. The number of methoxy groups -OCH3 is 2. The number of hydrogen-bond donors (Lipinski definition) is 0. The Balaban J connectivity index is 2.84. The zero-order valence-electron chi connectivity index (χ0n) is 7.77. The van der Waals surface area contributed by atoms with Gasteiger partial charge in [-0.2, -0.15) is 4.98 Å². The van der Waals surface area contributed by atoms with Gasteiger partial charge in [0.25, 0.3) is 0 Å². The van der Waals surface area contributed by atoms with E-state index in [0.29, 0.717) is 5.88 Å². The number of hydrogen-bond acceptors (Lipinski definition) is 5. The standard InChI is InChI=1S/C9H8N2O3/c1-13-8-5-6-10-7(11-8)3-4-9(12)14-2/h5-6H,1-2H3. The first-order valence-corrected chi connectivity index (χ1v) is 3.73. The first-order valence-electron chi connectivity index (χ1n) is 3.73. The molecule has 0 aromatic carbocycles. The minimum absolute atomic E-state index is 0.217. The van der Waals surface area contributed by atoms with Crippen LogP contribution in [-0.4, -0.2) is 30.2 Å². The zero-order valence-corrected chi connectivity index (χ0v) is 7.77. The van der Waals surface area contributed by atoms with E-state index in [4.69, 9.17) is 4.74 Å². The Morgan fingerprint density at radius 3 is 2.93 bits per heavy atom. The summed E-state index contributed by atoms with van der Waals surface area (Å²) in [6.45, 7) is 0. The summed E-state index contributed by atoms with van der Waals surface area (Å²) in [5, 5.41) is 0. The van der Waals surface area contributed by atoms with Gasteiger partial charge in [-0.3, -0.25) is 0 Å². The van der Waals surface area contributed by atoms with Crippen molar-refractivity contribution >= 4 is 5.97 Å². The molecule has 0 amide bonds. The fourth-order valence-corrected chi connectivity index (χ4v) is 0.674. The molecule has 1 heterocycles.